The Bertz CT molecular complexity index is 1240. The lowest BCUT2D eigenvalue weighted by Crippen LogP contribution is -2.48. The van der Waals surface area contributed by atoms with Gasteiger partial charge in [-0.3, -0.25) is 14.4 Å². The molecule has 2 aromatic carbocycles. The monoisotopic (exact) mass is 421 g/mol. The molecule has 1 spiro atoms. The average Bonchev–Trinajstić information content (AvgIpc) is 3.23. The number of fused-ring (bicyclic) bond motifs is 4. The zero-order valence-corrected chi connectivity index (χ0v) is 16.4. The summed E-state index contributed by atoms with van der Waals surface area (Å²) in [6.07, 6.45) is 1.49. The number of rotatable bonds is 3. The Morgan fingerprint density at radius 1 is 1.17 bits per heavy atom. The van der Waals surface area contributed by atoms with E-state index in [1.54, 1.807) is 59.4 Å². The Morgan fingerprint density at radius 3 is 2.73 bits per heavy atom. The number of primary amides is 1. The van der Waals surface area contributed by atoms with Crippen molar-refractivity contribution in [2.24, 2.45) is 5.73 Å². The van der Waals surface area contributed by atoms with Crippen molar-refractivity contribution in [2.75, 3.05) is 16.8 Å². The van der Waals surface area contributed by atoms with Gasteiger partial charge in [-0.25, -0.2) is 4.68 Å². The van der Waals surface area contributed by atoms with Crippen molar-refractivity contribution in [1.82, 2.24) is 9.78 Å². The van der Waals surface area contributed by atoms with Crippen LogP contribution in [0.25, 0.3) is 5.69 Å². The number of hydrogen-bond acceptors (Lipinski definition) is 4. The number of carbonyl (C=O) groups is 3. The van der Waals surface area contributed by atoms with Crippen LogP contribution in [0.2, 0.25) is 5.02 Å². The second kappa shape index (κ2) is 6.43. The van der Waals surface area contributed by atoms with Crippen molar-refractivity contribution >= 4 is 40.8 Å². The van der Waals surface area contributed by atoms with Gasteiger partial charge in [0.15, 0.2) is 0 Å². The van der Waals surface area contributed by atoms with E-state index in [1.165, 1.54) is 4.90 Å². The van der Waals surface area contributed by atoms with E-state index in [0.29, 0.717) is 33.3 Å². The molecule has 30 heavy (non-hydrogen) atoms. The summed E-state index contributed by atoms with van der Waals surface area (Å²) >= 11 is 6.12. The molecule has 0 saturated heterocycles. The zero-order valence-electron chi connectivity index (χ0n) is 15.6. The summed E-state index contributed by atoms with van der Waals surface area (Å²) in [6, 6.07) is 14.2. The third-order valence-corrected chi connectivity index (χ3v) is 5.78. The molecule has 8 nitrogen and oxygen atoms in total. The molecule has 2 aliphatic rings. The lowest BCUT2D eigenvalue weighted by atomic mass is 9.72. The lowest BCUT2D eigenvalue weighted by Gasteiger charge is -2.32. The van der Waals surface area contributed by atoms with E-state index in [1.807, 2.05) is 0 Å². The second-order valence-electron chi connectivity index (χ2n) is 7.30. The number of amides is 3. The Morgan fingerprint density at radius 2 is 1.97 bits per heavy atom. The minimum absolute atomic E-state index is 0.0909. The normalized spacial score (nSPS) is 19.6. The van der Waals surface area contributed by atoms with Crippen LogP contribution in [-0.2, 0) is 19.8 Å². The lowest BCUT2D eigenvalue weighted by molar-refractivity contribution is -0.127. The number of aromatic nitrogens is 2. The van der Waals surface area contributed by atoms with Gasteiger partial charge in [0.1, 0.15) is 17.8 Å². The molecule has 0 saturated carbocycles. The van der Waals surface area contributed by atoms with Crippen molar-refractivity contribution < 1.29 is 14.4 Å². The molecule has 0 fully saturated rings. The van der Waals surface area contributed by atoms with Crippen LogP contribution in [-0.4, -0.2) is 34.0 Å². The van der Waals surface area contributed by atoms with Gasteiger partial charge < -0.3 is 16.0 Å². The van der Waals surface area contributed by atoms with Crippen molar-refractivity contribution in [3.05, 3.63) is 70.9 Å². The topological polar surface area (TPSA) is 110 Å². The number of halogens is 1. The van der Waals surface area contributed by atoms with Crippen LogP contribution in [0.5, 0.6) is 0 Å². The molecule has 0 radical (unpaired) electrons. The highest BCUT2D eigenvalue weighted by atomic mass is 35.5. The maximum atomic E-state index is 13.7. The first-order valence-corrected chi connectivity index (χ1v) is 9.63. The summed E-state index contributed by atoms with van der Waals surface area (Å²) in [6.45, 7) is -0.267. The first-order chi connectivity index (χ1) is 14.4. The molecule has 1 aromatic heterocycles. The maximum absolute atomic E-state index is 13.7. The van der Waals surface area contributed by atoms with E-state index in [4.69, 9.17) is 17.3 Å². The van der Waals surface area contributed by atoms with E-state index in [0.717, 1.165) is 0 Å². The van der Waals surface area contributed by atoms with E-state index < -0.39 is 11.3 Å². The molecule has 1 unspecified atom stereocenters. The molecule has 3 N–H and O–H groups in total. The molecule has 3 amide bonds. The van der Waals surface area contributed by atoms with Crippen LogP contribution in [0.4, 0.5) is 11.5 Å². The molecule has 2 aliphatic heterocycles. The third-order valence-electron chi connectivity index (χ3n) is 5.54. The van der Waals surface area contributed by atoms with Gasteiger partial charge in [0, 0.05) is 22.7 Å². The first kappa shape index (κ1) is 18.4. The van der Waals surface area contributed by atoms with E-state index >= 15 is 0 Å². The number of nitrogens with one attached hydrogen (secondary N) is 1. The van der Waals surface area contributed by atoms with Crippen LogP contribution >= 0.6 is 11.6 Å². The van der Waals surface area contributed by atoms with Crippen LogP contribution in [0.3, 0.4) is 0 Å². The Hall–Kier alpha value is -3.65. The number of anilines is 2. The van der Waals surface area contributed by atoms with Gasteiger partial charge >= 0.3 is 0 Å². The third kappa shape index (κ3) is 2.47. The van der Waals surface area contributed by atoms with E-state index in [2.05, 4.69) is 10.4 Å². The van der Waals surface area contributed by atoms with Crippen LogP contribution in [0.15, 0.2) is 54.7 Å². The van der Waals surface area contributed by atoms with Crippen LogP contribution < -0.4 is 16.0 Å². The Kier molecular flexibility index (Phi) is 3.94. The molecular weight excluding hydrogens is 406 g/mol. The number of nitrogens with zero attached hydrogens (tertiary/aromatic N) is 3. The smallest absolute Gasteiger partial charge is 0.243 e. The fraction of sp³-hybridized carbons (Fsp3) is 0.143. The first-order valence-electron chi connectivity index (χ1n) is 9.26. The Labute approximate surface area is 176 Å². The molecule has 3 aromatic rings. The predicted molar refractivity (Wildman–Crippen MR) is 111 cm³/mol. The fourth-order valence-corrected chi connectivity index (χ4v) is 4.55. The molecule has 0 bridgehead atoms. The summed E-state index contributed by atoms with van der Waals surface area (Å²) in [5, 5.41) is 7.79. The van der Waals surface area contributed by atoms with Crippen LogP contribution in [0.1, 0.15) is 17.5 Å². The molecule has 9 heteroatoms. The number of carbonyl (C=O) groups excluding carboxylic acids is 3. The maximum Gasteiger partial charge on any atom is 0.243 e. The molecule has 1 atom stereocenters. The van der Waals surface area contributed by atoms with Gasteiger partial charge in [-0.1, -0.05) is 35.9 Å². The number of para-hydroxylation sites is 1. The van der Waals surface area contributed by atoms with Crippen molar-refractivity contribution in [3.8, 4) is 5.69 Å². The van der Waals surface area contributed by atoms with Crippen molar-refractivity contribution in [2.45, 2.75) is 11.8 Å². The van der Waals surface area contributed by atoms with Gasteiger partial charge in [-0.15, -0.1) is 0 Å². The molecular formula is C21H16ClN5O3. The standard InChI is InChI=1S/C21H16ClN5O3/c22-12-4-3-5-13(8-12)27-19-15(10-24-27)21(9-18(29)25-19)14-6-1-2-7-16(14)26(20(21)30)11-17(23)28/h1-8,10H,9,11H2,(H2,23,28)(H,25,29). The SMILES string of the molecule is NC(=O)CN1C(=O)C2(CC(=O)Nc3c2cnn3-c2cccc(Cl)c2)c2ccccc21. The van der Waals surface area contributed by atoms with Gasteiger partial charge in [-0.05, 0) is 29.8 Å². The van der Waals surface area contributed by atoms with Gasteiger partial charge in [-0.2, -0.15) is 5.10 Å². The fourth-order valence-electron chi connectivity index (χ4n) is 4.37. The van der Waals surface area contributed by atoms with Crippen LogP contribution in [0, 0.1) is 0 Å². The molecule has 5 rings (SSSR count). The average molecular weight is 422 g/mol. The van der Waals surface area contributed by atoms with E-state index in [-0.39, 0.29) is 24.8 Å². The highest BCUT2D eigenvalue weighted by molar-refractivity contribution is 6.30. The molecule has 0 aliphatic carbocycles. The number of nitrogens with two attached hydrogens (primary N) is 1. The minimum Gasteiger partial charge on any atom is -0.368 e. The predicted octanol–water partition coefficient (Wildman–Crippen LogP) is 1.99. The van der Waals surface area contributed by atoms with Gasteiger partial charge in [0.2, 0.25) is 17.7 Å². The highest BCUT2D eigenvalue weighted by Gasteiger charge is 2.57. The largest absolute Gasteiger partial charge is 0.368 e. The zero-order chi connectivity index (χ0) is 21.0. The number of benzene rings is 2. The number of hydrogen-bond donors (Lipinski definition) is 2. The van der Waals surface area contributed by atoms with Gasteiger partial charge in [0.05, 0.1) is 11.9 Å². The van der Waals surface area contributed by atoms with Crippen molar-refractivity contribution in [3.63, 3.8) is 0 Å². The highest BCUT2D eigenvalue weighted by Crippen LogP contribution is 2.52. The van der Waals surface area contributed by atoms with Crippen molar-refractivity contribution in [1.29, 1.82) is 0 Å². The molecule has 150 valence electrons. The quantitative estimate of drug-likeness (QED) is 0.673. The summed E-state index contributed by atoms with van der Waals surface area (Å²) < 4.78 is 1.55. The second-order valence-corrected chi connectivity index (χ2v) is 7.74. The minimum atomic E-state index is -1.28. The summed E-state index contributed by atoms with van der Waals surface area (Å²) in [7, 11) is 0. The summed E-state index contributed by atoms with van der Waals surface area (Å²) in [4.78, 5) is 39.4. The summed E-state index contributed by atoms with van der Waals surface area (Å²) in [5.41, 5.74) is 6.53. The van der Waals surface area contributed by atoms with Gasteiger partial charge in [0.25, 0.3) is 0 Å². The molecule has 3 heterocycles. The Balaban J connectivity index is 1.75. The van der Waals surface area contributed by atoms with E-state index in [9.17, 15) is 14.4 Å². The summed E-state index contributed by atoms with van der Waals surface area (Å²) in [5.74, 6) is -0.928.